The molecule has 0 amide bonds. The lowest BCUT2D eigenvalue weighted by Crippen LogP contribution is -2.23. The molecule has 0 radical (unpaired) electrons. The number of hydrogen-bond donors (Lipinski definition) is 0. The summed E-state index contributed by atoms with van der Waals surface area (Å²) in [5.74, 6) is 0. The molecule has 1 aromatic rings. The fourth-order valence-corrected chi connectivity index (χ4v) is 3.54. The van der Waals surface area contributed by atoms with E-state index in [1.165, 1.54) is 49.2 Å². The molecule has 0 saturated heterocycles. The van der Waals surface area contributed by atoms with Crippen LogP contribution in [0.4, 0.5) is 0 Å². The van der Waals surface area contributed by atoms with Crippen molar-refractivity contribution >= 4 is 11.5 Å². The molecule has 0 aliphatic carbocycles. The van der Waals surface area contributed by atoms with Crippen LogP contribution in [-0.4, -0.2) is 11.5 Å². The maximum Gasteiger partial charge on any atom is 0.197 e. The van der Waals surface area contributed by atoms with Crippen LogP contribution in [0.5, 0.6) is 5.06 Å². The molecule has 1 unspecified atom stereocenters. The lowest BCUT2D eigenvalue weighted by atomic mass is 9.75. The first-order chi connectivity index (χ1) is 8.09. The molecule has 0 N–H and O–H groups in total. The largest absolute Gasteiger partial charge is 0.486 e. The minimum absolute atomic E-state index is 0.229. The molecule has 0 spiro atoms. The summed E-state index contributed by atoms with van der Waals surface area (Å²) in [6, 6.07) is 0. The van der Waals surface area contributed by atoms with Crippen LogP contribution < -0.4 is 4.74 Å². The van der Waals surface area contributed by atoms with Gasteiger partial charge in [0.05, 0.1) is 12.8 Å². The van der Waals surface area contributed by atoms with Crippen molar-refractivity contribution in [2.75, 3.05) is 7.11 Å². The second-order valence-electron chi connectivity index (χ2n) is 5.05. The van der Waals surface area contributed by atoms with Gasteiger partial charge < -0.3 is 4.74 Å². The van der Waals surface area contributed by atoms with Crippen molar-refractivity contribution in [2.24, 2.45) is 0 Å². The Morgan fingerprint density at radius 3 is 2.47 bits per heavy atom. The average molecular weight is 255 g/mol. The van der Waals surface area contributed by atoms with E-state index >= 15 is 0 Å². The predicted molar refractivity (Wildman–Crippen MR) is 75.2 cm³/mol. The first-order valence-electron chi connectivity index (χ1n) is 6.59. The zero-order valence-electron chi connectivity index (χ0n) is 11.8. The first kappa shape index (κ1) is 14.5. The van der Waals surface area contributed by atoms with Gasteiger partial charge in [0.15, 0.2) is 5.06 Å². The van der Waals surface area contributed by atoms with Crippen molar-refractivity contribution in [2.45, 2.75) is 65.2 Å². The monoisotopic (exact) mass is 255 g/mol. The highest BCUT2D eigenvalue weighted by Gasteiger charge is 2.32. The van der Waals surface area contributed by atoms with Gasteiger partial charge in [-0.25, -0.2) is 0 Å². The number of nitrogens with zero attached hydrogens (tertiary/aromatic N) is 1. The van der Waals surface area contributed by atoms with Gasteiger partial charge in [0, 0.05) is 17.1 Å². The van der Waals surface area contributed by atoms with E-state index in [0.29, 0.717) is 0 Å². The molecule has 98 valence electrons. The number of ether oxygens (including phenoxy) is 1. The predicted octanol–water partition coefficient (Wildman–Crippen LogP) is 4.71. The van der Waals surface area contributed by atoms with Crippen molar-refractivity contribution in [1.82, 2.24) is 4.37 Å². The van der Waals surface area contributed by atoms with Crippen LogP contribution in [0.3, 0.4) is 0 Å². The Morgan fingerprint density at radius 2 is 1.94 bits per heavy atom. The Kier molecular flexibility index (Phi) is 5.44. The van der Waals surface area contributed by atoms with Gasteiger partial charge in [-0.2, -0.15) is 4.37 Å². The Morgan fingerprint density at radius 1 is 1.24 bits per heavy atom. The van der Waals surface area contributed by atoms with E-state index in [1.807, 2.05) is 0 Å². The number of unbranched alkanes of at least 4 members (excludes halogenated alkanes) is 1. The molecule has 0 aliphatic rings. The van der Waals surface area contributed by atoms with E-state index in [2.05, 4.69) is 32.1 Å². The third kappa shape index (κ3) is 3.21. The summed E-state index contributed by atoms with van der Waals surface area (Å²) in [7, 11) is 1.75. The second kappa shape index (κ2) is 6.39. The summed E-state index contributed by atoms with van der Waals surface area (Å²) in [5.41, 5.74) is 2.73. The molecule has 0 aromatic carbocycles. The molecule has 17 heavy (non-hydrogen) atoms. The zero-order valence-corrected chi connectivity index (χ0v) is 12.6. The molecular weight excluding hydrogens is 230 g/mol. The van der Waals surface area contributed by atoms with Crippen LogP contribution >= 0.6 is 11.5 Å². The van der Waals surface area contributed by atoms with E-state index in [-0.39, 0.29) is 5.41 Å². The van der Waals surface area contributed by atoms with Crippen molar-refractivity contribution in [3.8, 4) is 5.06 Å². The van der Waals surface area contributed by atoms with Crippen LogP contribution in [0.1, 0.15) is 64.1 Å². The van der Waals surface area contributed by atoms with Gasteiger partial charge in [0.25, 0.3) is 0 Å². The number of rotatable bonds is 7. The average Bonchev–Trinajstić information content (AvgIpc) is 2.69. The number of hydrogen-bond acceptors (Lipinski definition) is 3. The molecule has 1 heterocycles. The lowest BCUT2D eigenvalue weighted by Gasteiger charge is -2.30. The molecule has 0 aliphatic heterocycles. The molecule has 1 atom stereocenters. The van der Waals surface area contributed by atoms with E-state index < -0.39 is 0 Å². The van der Waals surface area contributed by atoms with Crippen LogP contribution in [0.2, 0.25) is 0 Å². The Labute approximate surface area is 110 Å². The van der Waals surface area contributed by atoms with Crippen LogP contribution in [0, 0.1) is 6.92 Å². The molecule has 3 heteroatoms. The van der Waals surface area contributed by atoms with E-state index in [4.69, 9.17) is 4.74 Å². The summed E-state index contributed by atoms with van der Waals surface area (Å²) in [5, 5.41) is 1.01. The smallest absolute Gasteiger partial charge is 0.197 e. The maximum absolute atomic E-state index is 5.49. The minimum atomic E-state index is 0.229. The summed E-state index contributed by atoms with van der Waals surface area (Å²) in [6.45, 7) is 8.98. The minimum Gasteiger partial charge on any atom is -0.486 e. The van der Waals surface area contributed by atoms with Gasteiger partial charge >= 0.3 is 0 Å². The summed E-state index contributed by atoms with van der Waals surface area (Å²) < 4.78 is 9.96. The normalized spacial score (nSPS) is 14.6. The van der Waals surface area contributed by atoms with Gasteiger partial charge in [-0.1, -0.05) is 40.0 Å². The highest BCUT2D eigenvalue weighted by molar-refractivity contribution is 7.08. The Balaban J connectivity index is 3.06. The Bertz CT molecular complexity index is 348. The molecule has 0 fully saturated rings. The Hall–Kier alpha value is -0.570. The van der Waals surface area contributed by atoms with Gasteiger partial charge in [-0.15, -0.1) is 0 Å². The quantitative estimate of drug-likeness (QED) is 0.704. The van der Waals surface area contributed by atoms with Crippen LogP contribution in [0.15, 0.2) is 0 Å². The van der Waals surface area contributed by atoms with E-state index in [1.54, 1.807) is 7.11 Å². The van der Waals surface area contributed by atoms with Gasteiger partial charge in [-0.3, -0.25) is 0 Å². The first-order valence-corrected chi connectivity index (χ1v) is 7.37. The fraction of sp³-hybridized carbons (Fsp3) is 0.786. The molecule has 0 bridgehead atoms. The lowest BCUT2D eigenvalue weighted by molar-refractivity contribution is 0.354. The van der Waals surface area contributed by atoms with E-state index in [0.717, 1.165) is 10.8 Å². The molecule has 1 rings (SSSR count). The zero-order chi connectivity index (χ0) is 12.9. The van der Waals surface area contributed by atoms with Gasteiger partial charge in [0.2, 0.25) is 0 Å². The number of aryl methyl sites for hydroxylation is 1. The summed E-state index contributed by atoms with van der Waals surface area (Å²) >= 11 is 1.49. The van der Waals surface area contributed by atoms with Crippen LogP contribution in [-0.2, 0) is 5.41 Å². The molecule has 0 saturated carbocycles. The highest BCUT2D eigenvalue weighted by Crippen LogP contribution is 2.43. The summed E-state index contributed by atoms with van der Waals surface area (Å²) in [6.07, 6.45) is 6.17. The summed E-state index contributed by atoms with van der Waals surface area (Å²) in [4.78, 5) is 0. The topological polar surface area (TPSA) is 22.1 Å². The molecule has 2 nitrogen and oxygen atoms in total. The van der Waals surface area contributed by atoms with Crippen molar-refractivity contribution in [3.63, 3.8) is 0 Å². The molecule has 1 aromatic heterocycles. The SMILES string of the molecule is CCCCC(C)(CCC)c1c(C)nsc1OC. The van der Waals surface area contributed by atoms with Crippen molar-refractivity contribution < 1.29 is 4.74 Å². The number of aromatic nitrogens is 1. The number of methoxy groups -OCH3 is 1. The standard InChI is InChI=1S/C14H25NOS/c1-6-8-10-14(4,9-7-2)12-11(3)15-17-13(12)16-5/h6-10H2,1-5H3. The maximum atomic E-state index is 5.49. The van der Waals surface area contributed by atoms with E-state index in [9.17, 15) is 0 Å². The third-order valence-corrected chi connectivity index (χ3v) is 4.41. The molecular formula is C14H25NOS. The van der Waals surface area contributed by atoms with Crippen LogP contribution in [0.25, 0.3) is 0 Å². The fourth-order valence-electron chi connectivity index (χ4n) is 2.67. The van der Waals surface area contributed by atoms with Crippen molar-refractivity contribution in [1.29, 1.82) is 0 Å². The third-order valence-electron chi connectivity index (χ3n) is 3.50. The highest BCUT2D eigenvalue weighted by atomic mass is 32.1. The van der Waals surface area contributed by atoms with Gasteiger partial charge in [0.1, 0.15) is 0 Å². The van der Waals surface area contributed by atoms with Gasteiger partial charge in [-0.05, 0) is 25.2 Å². The van der Waals surface area contributed by atoms with Crippen molar-refractivity contribution in [3.05, 3.63) is 11.3 Å². The second-order valence-corrected chi connectivity index (χ2v) is 5.78.